The molecule has 0 saturated carbocycles. The Morgan fingerprint density at radius 1 is 1.33 bits per heavy atom. The molecule has 1 aromatic carbocycles. The molecule has 1 aliphatic rings. The van der Waals surface area contributed by atoms with Crippen LogP contribution in [0.15, 0.2) is 27.4 Å². The number of hydrogen-bond acceptors (Lipinski definition) is 5. The first-order valence-electron chi connectivity index (χ1n) is 6.57. The van der Waals surface area contributed by atoms with Crippen LogP contribution in [0, 0.1) is 6.92 Å². The fraction of sp³-hybridized carbons (Fsp3) is 0.250. The Hall–Kier alpha value is -2.40. The zero-order valence-electron chi connectivity index (χ0n) is 11.6. The van der Waals surface area contributed by atoms with E-state index < -0.39 is 17.5 Å². The summed E-state index contributed by atoms with van der Waals surface area (Å²) in [5.74, 6) is -1.23. The predicted octanol–water partition coefficient (Wildman–Crippen LogP) is 1.87. The molecular weight excluding hydrogens is 272 g/mol. The minimum absolute atomic E-state index is 0.0353. The molecule has 0 aliphatic heterocycles. The molecule has 2 N–H and O–H groups in total. The SMILES string of the molecule is CC(=O)C1c2c(oc3cc(C)cc(O)c3c2=O)C=CC1O. The summed E-state index contributed by atoms with van der Waals surface area (Å²) < 4.78 is 5.65. The average molecular weight is 286 g/mol. The summed E-state index contributed by atoms with van der Waals surface area (Å²) in [4.78, 5) is 24.4. The summed E-state index contributed by atoms with van der Waals surface area (Å²) in [6.45, 7) is 3.09. The molecule has 2 atom stereocenters. The number of aromatic hydroxyl groups is 1. The highest BCUT2D eigenvalue weighted by Crippen LogP contribution is 2.33. The third kappa shape index (κ3) is 1.97. The highest BCUT2D eigenvalue weighted by molar-refractivity contribution is 5.90. The van der Waals surface area contributed by atoms with Crippen molar-refractivity contribution in [3.05, 3.63) is 45.3 Å². The molecule has 0 spiro atoms. The number of carbonyl (C=O) groups excluding carboxylic acids is 1. The van der Waals surface area contributed by atoms with Crippen LogP contribution in [0.4, 0.5) is 0 Å². The number of Topliss-reactive ketones (excluding diaryl/α,β-unsaturated/α-hetero) is 1. The number of rotatable bonds is 1. The van der Waals surface area contributed by atoms with Crippen molar-refractivity contribution in [3.8, 4) is 5.75 Å². The van der Waals surface area contributed by atoms with Gasteiger partial charge in [0.05, 0.1) is 17.6 Å². The van der Waals surface area contributed by atoms with Gasteiger partial charge in [0, 0.05) is 0 Å². The van der Waals surface area contributed by atoms with Gasteiger partial charge in [-0.25, -0.2) is 0 Å². The minimum Gasteiger partial charge on any atom is -0.507 e. The standard InChI is InChI=1S/C16H14O5/c1-7-5-10(19)14-12(6-7)21-11-4-3-9(18)13(8(2)17)15(11)16(14)20/h3-6,9,13,18-19H,1-2H3. The van der Waals surface area contributed by atoms with Crippen LogP contribution in [0.3, 0.4) is 0 Å². The van der Waals surface area contributed by atoms with Crippen molar-refractivity contribution in [3.63, 3.8) is 0 Å². The molecule has 108 valence electrons. The average Bonchev–Trinajstić information content (AvgIpc) is 2.38. The van der Waals surface area contributed by atoms with Gasteiger partial charge in [-0.15, -0.1) is 0 Å². The summed E-state index contributed by atoms with van der Waals surface area (Å²) in [5.41, 5.74) is 0.641. The van der Waals surface area contributed by atoms with Gasteiger partial charge in [-0.1, -0.05) is 6.08 Å². The zero-order valence-corrected chi connectivity index (χ0v) is 11.6. The van der Waals surface area contributed by atoms with Crippen LogP contribution in [-0.2, 0) is 4.79 Å². The maximum atomic E-state index is 12.6. The molecule has 2 unspecified atom stereocenters. The van der Waals surface area contributed by atoms with Gasteiger partial charge in [0.1, 0.15) is 28.3 Å². The van der Waals surface area contributed by atoms with Crippen LogP contribution < -0.4 is 5.43 Å². The smallest absolute Gasteiger partial charge is 0.201 e. The summed E-state index contributed by atoms with van der Waals surface area (Å²) in [6.07, 6.45) is 1.85. The zero-order chi connectivity index (χ0) is 15.3. The fourth-order valence-electron chi connectivity index (χ4n) is 2.79. The van der Waals surface area contributed by atoms with E-state index in [2.05, 4.69) is 0 Å². The van der Waals surface area contributed by atoms with Gasteiger partial charge in [0.25, 0.3) is 0 Å². The minimum atomic E-state index is -1.07. The fourth-order valence-corrected chi connectivity index (χ4v) is 2.79. The molecule has 0 fully saturated rings. The molecule has 1 heterocycles. The topological polar surface area (TPSA) is 87.7 Å². The lowest BCUT2D eigenvalue weighted by molar-refractivity contribution is -0.120. The Morgan fingerprint density at radius 3 is 2.71 bits per heavy atom. The number of ketones is 1. The van der Waals surface area contributed by atoms with Crippen LogP contribution in [0.5, 0.6) is 5.75 Å². The molecule has 0 bridgehead atoms. The molecule has 5 heteroatoms. The van der Waals surface area contributed by atoms with Gasteiger partial charge in [-0.3, -0.25) is 9.59 Å². The van der Waals surface area contributed by atoms with Gasteiger partial charge >= 0.3 is 0 Å². The van der Waals surface area contributed by atoms with Gasteiger partial charge in [-0.2, -0.15) is 0 Å². The van der Waals surface area contributed by atoms with Crippen molar-refractivity contribution < 1.29 is 19.4 Å². The van der Waals surface area contributed by atoms with Crippen molar-refractivity contribution in [2.24, 2.45) is 0 Å². The van der Waals surface area contributed by atoms with Crippen molar-refractivity contribution in [2.75, 3.05) is 0 Å². The van der Waals surface area contributed by atoms with E-state index in [1.165, 1.54) is 25.1 Å². The Kier molecular flexibility index (Phi) is 2.95. The highest BCUT2D eigenvalue weighted by Gasteiger charge is 2.33. The molecule has 3 rings (SSSR count). The first-order valence-corrected chi connectivity index (χ1v) is 6.57. The number of phenolic OH excluding ortho intramolecular Hbond substituents is 1. The second-order valence-corrected chi connectivity index (χ2v) is 5.30. The van der Waals surface area contributed by atoms with Crippen molar-refractivity contribution in [1.29, 1.82) is 0 Å². The van der Waals surface area contributed by atoms with E-state index in [1.807, 2.05) is 0 Å². The van der Waals surface area contributed by atoms with E-state index in [4.69, 9.17) is 4.42 Å². The largest absolute Gasteiger partial charge is 0.507 e. The normalized spacial score (nSPS) is 20.5. The first-order chi connectivity index (χ1) is 9.90. The van der Waals surface area contributed by atoms with Crippen LogP contribution in [0.25, 0.3) is 17.0 Å². The number of aliphatic hydroxyl groups is 1. The second-order valence-electron chi connectivity index (χ2n) is 5.30. The maximum Gasteiger partial charge on any atom is 0.201 e. The Morgan fingerprint density at radius 2 is 2.05 bits per heavy atom. The lowest BCUT2D eigenvalue weighted by Crippen LogP contribution is -2.31. The molecule has 1 aromatic heterocycles. The van der Waals surface area contributed by atoms with Crippen molar-refractivity contribution in [1.82, 2.24) is 0 Å². The number of hydrogen-bond donors (Lipinski definition) is 2. The van der Waals surface area contributed by atoms with Gasteiger partial charge in [0.2, 0.25) is 5.43 Å². The predicted molar refractivity (Wildman–Crippen MR) is 77.3 cm³/mol. The molecule has 2 aromatic rings. The van der Waals surface area contributed by atoms with Crippen LogP contribution in [0.2, 0.25) is 0 Å². The monoisotopic (exact) mass is 286 g/mol. The molecule has 0 saturated heterocycles. The van der Waals surface area contributed by atoms with E-state index >= 15 is 0 Å². The van der Waals surface area contributed by atoms with Crippen molar-refractivity contribution in [2.45, 2.75) is 25.9 Å². The summed E-state index contributed by atoms with van der Waals surface area (Å²) in [7, 11) is 0. The first kappa shape index (κ1) is 13.6. The highest BCUT2D eigenvalue weighted by atomic mass is 16.3. The summed E-state index contributed by atoms with van der Waals surface area (Å²) >= 11 is 0. The molecular formula is C16H14O5. The number of benzene rings is 1. The van der Waals surface area contributed by atoms with E-state index in [-0.39, 0.29) is 33.8 Å². The molecule has 21 heavy (non-hydrogen) atoms. The Bertz CT molecular complexity index is 844. The number of fused-ring (bicyclic) bond motifs is 2. The lowest BCUT2D eigenvalue weighted by Gasteiger charge is -2.23. The van der Waals surface area contributed by atoms with Crippen LogP contribution in [0.1, 0.15) is 29.7 Å². The van der Waals surface area contributed by atoms with Crippen LogP contribution in [-0.4, -0.2) is 22.1 Å². The van der Waals surface area contributed by atoms with Gasteiger partial charge in [0.15, 0.2) is 0 Å². The second kappa shape index (κ2) is 4.56. The Labute approximate surface area is 120 Å². The van der Waals surface area contributed by atoms with Crippen molar-refractivity contribution >= 4 is 22.8 Å². The number of carbonyl (C=O) groups is 1. The molecule has 5 nitrogen and oxygen atoms in total. The van der Waals surface area contributed by atoms with E-state index in [0.717, 1.165) is 5.56 Å². The Balaban J connectivity index is 2.44. The van der Waals surface area contributed by atoms with E-state index in [0.29, 0.717) is 0 Å². The van der Waals surface area contributed by atoms with Gasteiger partial charge in [-0.05, 0) is 37.6 Å². The van der Waals surface area contributed by atoms with E-state index in [1.54, 1.807) is 13.0 Å². The third-order valence-corrected chi connectivity index (χ3v) is 3.72. The maximum absolute atomic E-state index is 12.6. The lowest BCUT2D eigenvalue weighted by atomic mass is 9.84. The van der Waals surface area contributed by atoms with Gasteiger partial charge < -0.3 is 14.6 Å². The molecule has 0 radical (unpaired) electrons. The summed E-state index contributed by atoms with van der Waals surface area (Å²) in [5, 5.41) is 20.0. The number of phenols is 1. The van der Waals surface area contributed by atoms with Crippen LogP contribution >= 0.6 is 0 Å². The number of aliphatic hydroxyl groups excluding tert-OH is 1. The van der Waals surface area contributed by atoms with E-state index in [9.17, 15) is 19.8 Å². The third-order valence-electron chi connectivity index (χ3n) is 3.72. The number of aryl methyl sites for hydroxylation is 1. The summed E-state index contributed by atoms with van der Waals surface area (Å²) in [6, 6.07) is 3.11. The quantitative estimate of drug-likeness (QED) is 0.835. The molecule has 1 aliphatic carbocycles. The molecule has 0 amide bonds.